The molecule has 7 N–H and O–H groups in total. The van der Waals surface area contributed by atoms with E-state index in [2.05, 4.69) is 5.32 Å². The molecule has 0 aliphatic heterocycles. The van der Waals surface area contributed by atoms with Crippen LogP contribution in [0.1, 0.15) is 0 Å². The largest absolute Gasteiger partial charge is 0.310 e. The molecule has 0 saturated carbocycles. The van der Waals surface area contributed by atoms with Gasteiger partial charge in [0.15, 0.2) is 5.78 Å². The Kier molecular flexibility index (Phi) is 3.33. The quantitative estimate of drug-likeness (QED) is 0.313. The fourth-order valence-electron chi connectivity index (χ4n) is 0.350. The maximum atomic E-state index is 10.6. The Balaban J connectivity index is 3.73. The zero-order valence-corrected chi connectivity index (χ0v) is 5.29. The van der Waals surface area contributed by atoms with Crippen molar-refractivity contribution in [2.45, 2.75) is 12.3 Å². The van der Waals surface area contributed by atoms with E-state index in [0.29, 0.717) is 0 Å². The zero-order valence-electron chi connectivity index (χ0n) is 5.29. The number of carbonyl (C=O) groups is 1. The van der Waals surface area contributed by atoms with E-state index in [1.807, 2.05) is 0 Å². The topological polar surface area (TPSA) is 107 Å². The lowest BCUT2D eigenvalue weighted by Gasteiger charge is -2.10. The highest BCUT2D eigenvalue weighted by atomic mass is 16.1. The lowest BCUT2D eigenvalue weighted by atomic mass is 10.3. The van der Waals surface area contributed by atoms with Crippen LogP contribution in [-0.4, -0.2) is 25.2 Å². The van der Waals surface area contributed by atoms with Crippen LogP contribution in [0.15, 0.2) is 0 Å². The summed E-state index contributed by atoms with van der Waals surface area (Å²) in [5.41, 5.74) is 15.2. The molecule has 5 nitrogen and oxygen atoms in total. The van der Waals surface area contributed by atoms with Gasteiger partial charge < -0.3 is 17.2 Å². The molecular formula is C4H12N4O. The molecule has 54 valence electrons. The van der Waals surface area contributed by atoms with Crippen LogP contribution >= 0.6 is 0 Å². The van der Waals surface area contributed by atoms with E-state index < -0.39 is 18.1 Å². The number of hydrogen-bond acceptors (Lipinski definition) is 5. The van der Waals surface area contributed by atoms with Crippen molar-refractivity contribution in [2.75, 3.05) is 7.05 Å². The van der Waals surface area contributed by atoms with Gasteiger partial charge in [-0.3, -0.25) is 10.1 Å². The number of Topliss-reactive ketones (excluding diaryl/α,β-unsaturated/α-hetero) is 1. The first-order chi connectivity index (χ1) is 4.09. The van der Waals surface area contributed by atoms with E-state index in [9.17, 15) is 4.79 Å². The summed E-state index contributed by atoms with van der Waals surface area (Å²) in [7, 11) is 1.56. The van der Waals surface area contributed by atoms with Gasteiger partial charge in [-0.15, -0.1) is 0 Å². The monoisotopic (exact) mass is 132 g/mol. The number of likely N-dealkylation sites (N-methyl/N-ethyl adjacent to an activating group) is 1. The molecule has 1 atom stereocenters. The molecule has 0 aromatic heterocycles. The molecule has 5 heteroatoms. The van der Waals surface area contributed by atoms with Gasteiger partial charge in [-0.2, -0.15) is 0 Å². The molecule has 0 bridgehead atoms. The van der Waals surface area contributed by atoms with Crippen LogP contribution in [0, 0.1) is 0 Å². The van der Waals surface area contributed by atoms with E-state index in [1.165, 1.54) is 0 Å². The smallest absolute Gasteiger partial charge is 0.194 e. The maximum Gasteiger partial charge on any atom is 0.194 e. The molecule has 0 saturated heterocycles. The predicted molar refractivity (Wildman–Crippen MR) is 34.2 cm³/mol. The van der Waals surface area contributed by atoms with Gasteiger partial charge in [0, 0.05) is 0 Å². The van der Waals surface area contributed by atoms with E-state index in [1.54, 1.807) is 7.05 Å². The Morgan fingerprint density at radius 1 is 1.44 bits per heavy atom. The molecule has 0 heterocycles. The molecular weight excluding hydrogens is 120 g/mol. The number of ketones is 1. The van der Waals surface area contributed by atoms with Crippen LogP contribution in [0.25, 0.3) is 0 Å². The van der Waals surface area contributed by atoms with Crippen molar-refractivity contribution in [3.63, 3.8) is 0 Å². The zero-order chi connectivity index (χ0) is 7.44. The Hall–Kier alpha value is -0.490. The van der Waals surface area contributed by atoms with Crippen LogP contribution < -0.4 is 22.5 Å². The molecule has 9 heavy (non-hydrogen) atoms. The second kappa shape index (κ2) is 3.52. The van der Waals surface area contributed by atoms with Gasteiger partial charge in [-0.1, -0.05) is 0 Å². The minimum absolute atomic E-state index is 0.391. The Morgan fingerprint density at radius 3 is 2.00 bits per heavy atom. The Morgan fingerprint density at radius 2 is 1.89 bits per heavy atom. The summed E-state index contributed by atoms with van der Waals surface area (Å²) >= 11 is 0. The first-order valence-electron chi connectivity index (χ1n) is 2.57. The Bertz CT molecular complexity index is 103. The third kappa shape index (κ3) is 2.52. The summed E-state index contributed by atoms with van der Waals surface area (Å²) in [5, 5.41) is 2.51. The van der Waals surface area contributed by atoms with Gasteiger partial charge >= 0.3 is 0 Å². The molecule has 0 fully saturated rings. The third-order valence-corrected chi connectivity index (χ3v) is 0.946. The van der Waals surface area contributed by atoms with Crippen LogP contribution in [0.5, 0.6) is 0 Å². The van der Waals surface area contributed by atoms with E-state index in [0.717, 1.165) is 0 Å². The van der Waals surface area contributed by atoms with E-state index >= 15 is 0 Å². The van der Waals surface area contributed by atoms with Crippen LogP contribution in [0.3, 0.4) is 0 Å². The second-order valence-corrected chi connectivity index (χ2v) is 1.69. The lowest BCUT2D eigenvalue weighted by molar-refractivity contribution is -0.122. The van der Waals surface area contributed by atoms with Crippen molar-refractivity contribution in [3.05, 3.63) is 0 Å². The first-order valence-corrected chi connectivity index (χ1v) is 2.57. The first kappa shape index (κ1) is 8.51. The number of rotatable bonds is 3. The summed E-state index contributed by atoms with van der Waals surface area (Å²) in [6, 6.07) is 0. The maximum absolute atomic E-state index is 10.6. The van der Waals surface area contributed by atoms with Crippen LogP contribution in [-0.2, 0) is 4.79 Å². The minimum Gasteiger partial charge on any atom is -0.310 e. The summed E-state index contributed by atoms with van der Waals surface area (Å²) in [6.07, 6.45) is -1.72. The van der Waals surface area contributed by atoms with Crippen molar-refractivity contribution < 1.29 is 4.79 Å². The number of nitrogens with two attached hydrogens (primary N) is 3. The lowest BCUT2D eigenvalue weighted by Crippen LogP contribution is -2.53. The standard InChI is InChI=1S/C4H12N4O/c1-8-4(7)2(9)3(5)6/h3-4,8H,5-7H2,1H3. The normalized spacial score (nSPS) is 13.9. The van der Waals surface area contributed by atoms with Gasteiger partial charge in [0.05, 0.1) is 0 Å². The fraction of sp³-hybridized carbons (Fsp3) is 0.750. The van der Waals surface area contributed by atoms with E-state index in [4.69, 9.17) is 17.2 Å². The van der Waals surface area contributed by atoms with Crippen LogP contribution in [0.2, 0.25) is 0 Å². The molecule has 0 rings (SSSR count). The third-order valence-electron chi connectivity index (χ3n) is 0.946. The van der Waals surface area contributed by atoms with Crippen molar-refractivity contribution in [1.29, 1.82) is 0 Å². The molecule has 0 spiro atoms. The summed E-state index contributed by atoms with van der Waals surface area (Å²) in [4.78, 5) is 10.6. The predicted octanol–water partition coefficient (Wildman–Crippen LogP) is -2.70. The number of carbonyl (C=O) groups excluding carboxylic acids is 1. The van der Waals surface area contributed by atoms with Gasteiger partial charge in [-0.25, -0.2) is 0 Å². The molecule has 0 aliphatic carbocycles. The summed E-state index contributed by atoms with van der Waals surface area (Å²) in [6.45, 7) is 0. The summed E-state index contributed by atoms with van der Waals surface area (Å²) in [5.74, 6) is -0.391. The highest BCUT2D eigenvalue weighted by molar-refractivity contribution is 5.87. The summed E-state index contributed by atoms with van der Waals surface area (Å²) < 4.78 is 0. The number of hydrogen-bond donors (Lipinski definition) is 4. The molecule has 1 unspecified atom stereocenters. The van der Waals surface area contributed by atoms with E-state index in [-0.39, 0.29) is 0 Å². The average Bonchev–Trinajstić information content (AvgIpc) is 1.84. The van der Waals surface area contributed by atoms with Crippen LogP contribution in [0.4, 0.5) is 0 Å². The van der Waals surface area contributed by atoms with Crippen molar-refractivity contribution in [2.24, 2.45) is 17.2 Å². The molecule has 0 amide bonds. The SMILES string of the molecule is CNC(N)C(=O)C(N)N. The van der Waals surface area contributed by atoms with Crippen molar-refractivity contribution in [3.8, 4) is 0 Å². The molecule has 0 aromatic carbocycles. The number of nitrogens with one attached hydrogen (secondary N) is 1. The Labute approximate surface area is 53.6 Å². The molecule has 0 aromatic rings. The second-order valence-electron chi connectivity index (χ2n) is 1.69. The van der Waals surface area contributed by atoms with Gasteiger partial charge in [-0.05, 0) is 7.05 Å². The average molecular weight is 132 g/mol. The highest BCUT2D eigenvalue weighted by Gasteiger charge is 2.14. The molecule has 0 radical (unpaired) electrons. The molecule has 0 aliphatic rings. The van der Waals surface area contributed by atoms with Crippen molar-refractivity contribution in [1.82, 2.24) is 5.32 Å². The minimum atomic E-state index is -0.979. The van der Waals surface area contributed by atoms with Gasteiger partial charge in [0.2, 0.25) is 0 Å². The fourth-order valence-corrected chi connectivity index (χ4v) is 0.350. The van der Waals surface area contributed by atoms with Gasteiger partial charge in [0.1, 0.15) is 12.3 Å². The highest BCUT2D eigenvalue weighted by Crippen LogP contribution is 1.74. The van der Waals surface area contributed by atoms with Gasteiger partial charge in [0.25, 0.3) is 0 Å². The van der Waals surface area contributed by atoms with Crippen molar-refractivity contribution >= 4 is 5.78 Å².